The molecule has 0 atom stereocenters. The third-order valence-corrected chi connectivity index (χ3v) is 1.26. The molecule has 0 aromatic rings. The highest BCUT2D eigenvalue weighted by molar-refractivity contribution is 6.25. The second kappa shape index (κ2) is 5.56. The van der Waals surface area contributed by atoms with Crippen molar-refractivity contribution in [2.24, 2.45) is 5.73 Å². The zero-order valence-corrected chi connectivity index (χ0v) is 6.99. The van der Waals surface area contributed by atoms with Crippen LogP contribution in [0.1, 0.15) is 0 Å². The molecular weight excluding hydrogens is 184 g/mol. The molecule has 0 saturated heterocycles. The first-order valence-corrected chi connectivity index (χ1v) is 3.53. The summed E-state index contributed by atoms with van der Waals surface area (Å²) < 4.78 is 0. The van der Waals surface area contributed by atoms with Gasteiger partial charge < -0.3 is 10.8 Å². The maximum atomic E-state index is 10.8. The lowest BCUT2D eigenvalue weighted by molar-refractivity contribution is -0.130. The van der Waals surface area contributed by atoms with Crippen molar-refractivity contribution in [3.8, 4) is 0 Å². The Morgan fingerprint density at radius 3 is 2.50 bits per heavy atom. The molecule has 0 rings (SSSR count). The quantitative estimate of drug-likeness (QED) is 0.641. The van der Waals surface area contributed by atoms with E-state index in [4.69, 9.17) is 22.4 Å². The zero-order chi connectivity index (χ0) is 9.56. The minimum absolute atomic E-state index is 0.0295. The van der Waals surface area contributed by atoms with Crippen LogP contribution in [0.3, 0.4) is 0 Å². The first-order valence-electron chi connectivity index (χ1n) is 3.09. The van der Waals surface area contributed by atoms with Crippen molar-refractivity contribution in [3.05, 3.63) is 11.6 Å². The van der Waals surface area contributed by atoms with E-state index in [-0.39, 0.29) is 6.54 Å². The number of hydrogen-bond donors (Lipinski definition) is 2. The molecular formula is C6H9ClN2O3. The number of amides is 3. The van der Waals surface area contributed by atoms with E-state index in [1.54, 1.807) is 0 Å². The van der Waals surface area contributed by atoms with Crippen molar-refractivity contribution in [2.45, 2.75) is 0 Å². The molecule has 0 aliphatic heterocycles. The fraction of sp³-hybridized carbons (Fsp3) is 0.333. The molecule has 0 radical (unpaired) electrons. The van der Waals surface area contributed by atoms with Crippen LogP contribution in [0.15, 0.2) is 11.6 Å². The average molecular weight is 193 g/mol. The van der Waals surface area contributed by atoms with E-state index in [1.165, 1.54) is 6.08 Å². The van der Waals surface area contributed by atoms with Gasteiger partial charge in [0.2, 0.25) is 0 Å². The number of aliphatic hydroxyl groups excluding tert-OH is 1. The first-order chi connectivity index (χ1) is 5.63. The molecule has 0 heterocycles. The van der Waals surface area contributed by atoms with Crippen LogP contribution in [0.2, 0.25) is 0 Å². The van der Waals surface area contributed by atoms with Crippen LogP contribution < -0.4 is 5.73 Å². The number of nitrogens with zero attached hydrogens (tertiary/aromatic N) is 1. The van der Waals surface area contributed by atoms with Crippen LogP contribution in [0, 0.1) is 0 Å². The van der Waals surface area contributed by atoms with Gasteiger partial charge in [-0.25, -0.2) is 4.79 Å². The van der Waals surface area contributed by atoms with Crippen molar-refractivity contribution in [1.82, 2.24) is 4.90 Å². The molecule has 6 heteroatoms. The molecule has 0 bridgehead atoms. The standard InChI is InChI=1S/C6H9ClN2O3/c7-2-1-3-9(6(8)12)5(11)4-10/h1-2,10H,3-4H2,(H2,8,12). The van der Waals surface area contributed by atoms with Crippen molar-refractivity contribution >= 4 is 23.5 Å². The number of rotatable bonds is 3. The number of carbonyl (C=O) groups excluding carboxylic acids is 2. The lowest BCUT2D eigenvalue weighted by atomic mass is 10.5. The smallest absolute Gasteiger partial charge is 0.321 e. The van der Waals surface area contributed by atoms with Gasteiger partial charge in [0.05, 0.1) is 0 Å². The number of imide groups is 1. The molecule has 3 amide bonds. The summed E-state index contributed by atoms with van der Waals surface area (Å²) in [6.45, 7) is -0.780. The Morgan fingerprint density at radius 2 is 2.17 bits per heavy atom. The fourth-order valence-electron chi connectivity index (χ4n) is 0.545. The Kier molecular flexibility index (Phi) is 5.07. The van der Waals surface area contributed by atoms with Crippen LogP contribution in [0.25, 0.3) is 0 Å². The Morgan fingerprint density at radius 1 is 1.58 bits per heavy atom. The second-order valence-corrected chi connectivity index (χ2v) is 2.11. The normalized spacial score (nSPS) is 10.2. The van der Waals surface area contributed by atoms with Crippen LogP contribution in [0.4, 0.5) is 4.79 Å². The minimum atomic E-state index is -0.913. The molecule has 3 N–H and O–H groups in total. The highest BCUT2D eigenvalue weighted by Gasteiger charge is 2.15. The summed E-state index contributed by atoms with van der Waals surface area (Å²) in [6.07, 6.45) is 1.36. The molecule has 12 heavy (non-hydrogen) atoms. The van der Waals surface area contributed by atoms with Gasteiger partial charge in [-0.3, -0.25) is 9.69 Å². The van der Waals surface area contributed by atoms with Crippen molar-refractivity contribution < 1.29 is 14.7 Å². The summed E-state index contributed by atoms with van der Waals surface area (Å²) in [5.74, 6) is -0.753. The fourth-order valence-corrected chi connectivity index (χ4v) is 0.625. The van der Waals surface area contributed by atoms with Gasteiger partial charge in [0, 0.05) is 12.1 Å². The van der Waals surface area contributed by atoms with E-state index in [1.807, 2.05) is 0 Å². The van der Waals surface area contributed by atoms with E-state index in [9.17, 15) is 9.59 Å². The topological polar surface area (TPSA) is 83.6 Å². The number of primary amides is 1. The molecule has 0 saturated carbocycles. The van der Waals surface area contributed by atoms with E-state index < -0.39 is 18.5 Å². The molecule has 0 aliphatic carbocycles. The Labute approximate surface area is 74.4 Å². The summed E-state index contributed by atoms with van der Waals surface area (Å²) in [6, 6.07) is -0.913. The monoisotopic (exact) mass is 192 g/mol. The van der Waals surface area contributed by atoms with Crippen LogP contribution in [-0.2, 0) is 4.79 Å². The van der Waals surface area contributed by atoms with Gasteiger partial charge in [0.25, 0.3) is 5.91 Å². The molecule has 68 valence electrons. The number of hydrogen-bond acceptors (Lipinski definition) is 3. The number of aliphatic hydroxyl groups is 1. The van der Waals surface area contributed by atoms with Crippen LogP contribution >= 0.6 is 11.6 Å². The summed E-state index contributed by atoms with van der Waals surface area (Å²) in [5, 5.41) is 8.40. The highest BCUT2D eigenvalue weighted by Crippen LogP contribution is 1.91. The summed E-state index contributed by atoms with van der Waals surface area (Å²) in [5.41, 5.74) is 5.99. The first kappa shape index (κ1) is 10.9. The predicted molar refractivity (Wildman–Crippen MR) is 43.4 cm³/mol. The van der Waals surface area contributed by atoms with E-state index in [2.05, 4.69) is 0 Å². The van der Waals surface area contributed by atoms with Crippen LogP contribution in [0.5, 0.6) is 0 Å². The van der Waals surface area contributed by atoms with E-state index >= 15 is 0 Å². The van der Waals surface area contributed by atoms with Gasteiger partial charge in [-0.2, -0.15) is 0 Å². The second-order valence-electron chi connectivity index (χ2n) is 1.86. The van der Waals surface area contributed by atoms with Crippen molar-refractivity contribution in [1.29, 1.82) is 0 Å². The third kappa shape index (κ3) is 3.36. The van der Waals surface area contributed by atoms with Gasteiger partial charge >= 0.3 is 6.03 Å². The van der Waals surface area contributed by atoms with Gasteiger partial charge in [-0.1, -0.05) is 17.7 Å². The highest BCUT2D eigenvalue weighted by atomic mass is 35.5. The zero-order valence-electron chi connectivity index (χ0n) is 6.24. The third-order valence-electron chi connectivity index (χ3n) is 1.08. The van der Waals surface area contributed by atoms with Gasteiger partial charge in [-0.05, 0) is 0 Å². The Balaban J connectivity index is 4.23. The molecule has 0 aromatic heterocycles. The summed E-state index contributed by atoms with van der Waals surface area (Å²) >= 11 is 5.17. The Hall–Kier alpha value is -1.07. The largest absolute Gasteiger partial charge is 0.387 e. The maximum Gasteiger partial charge on any atom is 0.321 e. The molecule has 0 spiro atoms. The Bertz CT molecular complexity index is 205. The average Bonchev–Trinajstić information content (AvgIpc) is 2.04. The van der Waals surface area contributed by atoms with Crippen molar-refractivity contribution in [2.75, 3.05) is 13.2 Å². The van der Waals surface area contributed by atoms with Gasteiger partial charge in [0.15, 0.2) is 0 Å². The van der Waals surface area contributed by atoms with E-state index in [0.717, 1.165) is 5.54 Å². The number of halogens is 1. The van der Waals surface area contributed by atoms with E-state index in [0.29, 0.717) is 4.90 Å². The molecule has 0 fully saturated rings. The van der Waals surface area contributed by atoms with Gasteiger partial charge in [-0.15, -0.1) is 0 Å². The van der Waals surface area contributed by atoms with Gasteiger partial charge in [0.1, 0.15) is 6.61 Å². The molecule has 5 nitrogen and oxygen atoms in total. The minimum Gasteiger partial charge on any atom is -0.387 e. The van der Waals surface area contributed by atoms with Crippen molar-refractivity contribution in [3.63, 3.8) is 0 Å². The summed E-state index contributed by atoms with van der Waals surface area (Å²) in [7, 11) is 0. The SMILES string of the molecule is NC(=O)N(CC=CCl)C(=O)CO. The molecule has 0 unspecified atom stereocenters. The molecule has 0 aliphatic rings. The molecule has 0 aromatic carbocycles. The summed E-state index contributed by atoms with van der Waals surface area (Å²) in [4.78, 5) is 22.0. The maximum absolute atomic E-state index is 10.8. The number of carbonyl (C=O) groups is 2. The van der Waals surface area contributed by atoms with Crippen LogP contribution in [-0.4, -0.2) is 35.1 Å². The predicted octanol–water partition coefficient (Wildman–Crippen LogP) is -0.361. The lowest BCUT2D eigenvalue weighted by Gasteiger charge is -2.14. The number of urea groups is 1. The number of nitrogens with two attached hydrogens (primary N) is 1. The lowest BCUT2D eigenvalue weighted by Crippen LogP contribution is -2.42.